The van der Waals surface area contributed by atoms with E-state index in [0.29, 0.717) is 37.3 Å². The molecule has 2 amide bonds. The van der Waals surface area contributed by atoms with Gasteiger partial charge in [0.1, 0.15) is 6.04 Å². The Morgan fingerprint density at radius 2 is 1.96 bits per heavy atom. The van der Waals surface area contributed by atoms with E-state index in [-0.39, 0.29) is 30.8 Å². The monoisotopic (exact) mass is 367 g/mol. The molecule has 1 aromatic rings. The zero-order chi connectivity index (χ0) is 17.1. The molecule has 2 heterocycles. The molecule has 0 radical (unpaired) electrons. The molecule has 25 heavy (non-hydrogen) atoms. The molecule has 3 rings (SSSR count). The number of likely N-dealkylation sites (tertiary alicyclic amines) is 1. The van der Waals surface area contributed by atoms with E-state index in [1.807, 2.05) is 12.1 Å². The Balaban J connectivity index is 0.00000225. The molecule has 2 N–H and O–H groups in total. The molecule has 0 aliphatic carbocycles. The summed E-state index contributed by atoms with van der Waals surface area (Å²) in [6, 6.07) is 6.62. The summed E-state index contributed by atoms with van der Waals surface area (Å²) in [6.07, 6.45) is 2.69. The molecule has 0 spiro atoms. The number of carboxylic acids is 1. The van der Waals surface area contributed by atoms with Gasteiger partial charge in [-0.2, -0.15) is 0 Å². The number of benzene rings is 1. The van der Waals surface area contributed by atoms with Gasteiger partial charge >= 0.3 is 5.97 Å². The van der Waals surface area contributed by atoms with Crippen molar-refractivity contribution >= 4 is 41.6 Å². The Labute approximate surface area is 152 Å². The molecule has 2 aliphatic rings. The van der Waals surface area contributed by atoms with E-state index in [1.54, 1.807) is 21.9 Å². The minimum absolute atomic E-state index is 0. The largest absolute Gasteiger partial charge is 0.480 e. The summed E-state index contributed by atoms with van der Waals surface area (Å²) in [6.45, 7) is 1.30. The van der Waals surface area contributed by atoms with Crippen molar-refractivity contribution in [1.29, 1.82) is 0 Å². The van der Waals surface area contributed by atoms with Crippen LogP contribution in [0, 0.1) is 0 Å². The van der Waals surface area contributed by atoms with Crippen molar-refractivity contribution in [3.8, 4) is 0 Å². The van der Waals surface area contributed by atoms with E-state index >= 15 is 0 Å². The van der Waals surface area contributed by atoms with Crippen LogP contribution < -0.4 is 10.2 Å². The molecular weight excluding hydrogens is 346 g/mol. The number of carbonyl (C=O) groups is 3. The van der Waals surface area contributed by atoms with E-state index in [1.165, 1.54) is 0 Å². The van der Waals surface area contributed by atoms with Gasteiger partial charge in [-0.1, -0.05) is 12.1 Å². The Morgan fingerprint density at radius 1 is 1.20 bits per heavy atom. The zero-order valence-electron chi connectivity index (χ0n) is 13.8. The van der Waals surface area contributed by atoms with Crippen molar-refractivity contribution in [2.45, 2.75) is 31.7 Å². The third kappa shape index (κ3) is 4.29. The second-order valence-electron chi connectivity index (χ2n) is 6.18. The molecule has 0 unspecified atom stereocenters. The summed E-state index contributed by atoms with van der Waals surface area (Å²) in [5.74, 6) is -1.09. The average molecular weight is 368 g/mol. The van der Waals surface area contributed by atoms with Crippen LogP contribution in [0.3, 0.4) is 0 Å². The van der Waals surface area contributed by atoms with Crippen molar-refractivity contribution in [1.82, 2.24) is 4.90 Å². The second kappa shape index (κ2) is 8.31. The van der Waals surface area contributed by atoms with Crippen LogP contribution in [-0.2, 0) is 14.4 Å². The van der Waals surface area contributed by atoms with Crippen LogP contribution >= 0.6 is 12.4 Å². The van der Waals surface area contributed by atoms with Crippen molar-refractivity contribution in [3.05, 3.63) is 24.3 Å². The van der Waals surface area contributed by atoms with Gasteiger partial charge in [0.25, 0.3) is 0 Å². The summed E-state index contributed by atoms with van der Waals surface area (Å²) in [4.78, 5) is 38.9. The summed E-state index contributed by atoms with van der Waals surface area (Å²) >= 11 is 0. The lowest BCUT2D eigenvalue weighted by atomic mass is 10.2. The van der Waals surface area contributed by atoms with Gasteiger partial charge in [0.05, 0.1) is 17.9 Å². The van der Waals surface area contributed by atoms with E-state index < -0.39 is 12.0 Å². The normalized spacial score (nSPS) is 20.4. The van der Waals surface area contributed by atoms with Crippen LogP contribution in [0.25, 0.3) is 0 Å². The topological polar surface area (TPSA) is 89.9 Å². The molecule has 136 valence electrons. The van der Waals surface area contributed by atoms with Gasteiger partial charge < -0.3 is 15.3 Å². The summed E-state index contributed by atoms with van der Waals surface area (Å²) < 4.78 is 0. The Kier molecular flexibility index (Phi) is 6.39. The number of nitrogens with one attached hydrogen (secondary N) is 1. The van der Waals surface area contributed by atoms with E-state index in [2.05, 4.69) is 5.32 Å². The predicted octanol–water partition coefficient (Wildman–Crippen LogP) is 1.72. The highest BCUT2D eigenvalue weighted by Gasteiger charge is 2.32. The number of para-hydroxylation sites is 2. The minimum atomic E-state index is -0.886. The number of amides is 2. The summed E-state index contributed by atoms with van der Waals surface area (Å²) in [7, 11) is 0. The maximum atomic E-state index is 12.3. The number of anilines is 2. The first-order chi connectivity index (χ1) is 11.6. The molecule has 1 atom stereocenters. The first-order valence-corrected chi connectivity index (χ1v) is 8.22. The highest BCUT2D eigenvalue weighted by molar-refractivity contribution is 6.02. The molecule has 2 aliphatic heterocycles. The van der Waals surface area contributed by atoms with Crippen LogP contribution in [0.4, 0.5) is 11.4 Å². The minimum Gasteiger partial charge on any atom is -0.480 e. The number of rotatable bonds is 5. The fourth-order valence-corrected chi connectivity index (χ4v) is 3.39. The van der Waals surface area contributed by atoms with E-state index in [4.69, 9.17) is 0 Å². The average Bonchev–Trinajstić information content (AvgIpc) is 3.17. The van der Waals surface area contributed by atoms with Crippen molar-refractivity contribution in [2.24, 2.45) is 0 Å². The van der Waals surface area contributed by atoms with Crippen molar-refractivity contribution in [3.63, 3.8) is 0 Å². The smallest absolute Gasteiger partial charge is 0.320 e. The first kappa shape index (κ1) is 19.2. The molecule has 2 fully saturated rings. The SMILES string of the molecule is Cl.O=C(CN1CCC[C@H]1C(=O)O)Nc1ccccc1N1CCCC1=O. The Bertz CT molecular complexity index is 667. The second-order valence-corrected chi connectivity index (χ2v) is 6.18. The van der Waals surface area contributed by atoms with Gasteiger partial charge in [0, 0.05) is 13.0 Å². The fraction of sp³-hybridized carbons (Fsp3) is 0.471. The highest BCUT2D eigenvalue weighted by atomic mass is 35.5. The van der Waals surface area contributed by atoms with E-state index in [0.717, 1.165) is 12.8 Å². The molecular formula is C17H22ClN3O4. The fourth-order valence-electron chi connectivity index (χ4n) is 3.39. The van der Waals surface area contributed by atoms with Gasteiger partial charge in [0.15, 0.2) is 0 Å². The lowest BCUT2D eigenvalue weighted by Crippen LogP contribution is -2.41. The molecule has 0 aromatic heterocycles. The Morgan fingerprint density at radius 3 is 2.64 bits per heavy atom. The van der Waals surface area contributed by atoms with Crippen LogP contribution in [0.1, 0.15) is 25.7 Å². The zero-order valence-corrected chi connectivity index (χ0v) is 14.6. The van der Waals surface area contributed by atoms with Crippen molar-refractivity contribution in [2.75, 3.05) is 29.9 Å². The number of aliphatic carboxylic acids is 1. The number of hydrogen-bond acceptors (Lipinski definition) is 4. The lowest BCUT2D eigenvalue weighted by Gasteiger charge is -2.22. The van der Waals surface area contributed by atoms with Crippen molar-refractivity contribution < 1.29 is 19.5 Å². The summed E-state index contributed by atoms with van der Waals surface area (Å²) in [5.41, 5.74) is 1.29. The van der Waals surface area contributed by atoms with Gasteiger partial charge in [-0.25, -0.2) is 0 Å². The van der Waals surface area contributed by atoms with E-state index in [9.17, 15) is 19.5 Å². The van der Waals surface area contributed by atoms with Gasteiger partial charge in [0.2, 0.25) is 11.8 Å². The Hall–Kier alpha value is -2.12. The molecule has 0 saturated carbocycles. The first-order valence-electron chi connectivity index (χ1n) is 8.22. The standard InChI is InChI=1S/C17H21N3O4.ClH/c21-15(11-19-9-3-7-14(19)17(23)24)18-12-5-1-2-6-13(12)20-10-4-8-16(20)22;/h1-2,5-6,14H,3-4,7-11H2,(H,18,21)(H,23,24);1H/t14-;/m0./s1. The van der Waals surface area contributed by atoms with Gasteiger partial charge in [-0.3, -0.25) is 19.3 Å². The number of nitrogens with zero attached hydrogens (tertiary/aromatic N) is 2. The molecule has 0 bridgehead atoms. The highest BCUT2D eigenvalue weighted by Crippen LogP contribution is 2.29. The van der Waals surface area contributed by atoms with Crippen LogP contribution in [0.15, 0.2) is 24.3 Å². The lowest BCUT2D eigenvalue weighted by molar-refractivity contribution is -0.142. The third-order valence-corrected chi connectivity index (χ3v) is 4.54. The molecule has 8 heteroatoms. The summed E-state index contributed by atoms with van der Waals surface area (Å²) in [5, 5.41) is 12.0. The third-order valence-electron chi connectivity index (χ3n) is 4.54. The molecule has 1 aromatic carbocycles. The van der Waals surface area contributed by atoms with Crippen LogP contribution in [-0.4, -0.2) is 53.5 Å². The van der Waals surface area contributed by atoms with Gasteiger partial charge in [-0.15, -0.1) is 12.4 Å². The van der Waals surface area contributed by atoms with Crippen LogP contribution in [0.5, 0.6) is 0 Å². The quantitative estimate of drug-likeness (QED) is 0.827. The number of halogens is 1. The molecule has 7 nitrogen and oxygen atoms in total. The number of carbonyl (C=O) groups excluding carboxylic acids is 2. The predicted molar refractivity (Wildman–Crippen MR) is 96.1 cm³/mol. The van der Waals surface area contributed by atoms with Crippen LogP contribution in [0.2, 0.25) is 0 Å². The number of carboxylic acid groups (broad SMARTS) is 1. The maximum absolute atomic E-state index is 12.3. The number of hydrogen-bond donors (Lipinski definition) is 2. The van der Waals surface area contributed by atoms with Gasteiger partial charge in [-0.05, 0) is 37.9 Å². The molecule has 2 saturated heterocycles. The maximum Gasteiger partial charge on any atom is 0.320 e.